The van der Waals surface area contributed by atoms with Gasteiger partial charge in [-0.05, 0) is 24.3 Å². The maximum absolute atomic E-state index is 14.2. The topological polar surface area (TPSA) is 85.2 Å². The van der Waals surface area contributed by atoms with Crippen molar-refractivity contribution >= 4 is 5.97 Å². The predicted molar refractivity (Wildman–Crippen MR) is 92.2 cm³/mol. The van der Waals surface area contributed by atoms with Gasteiger partial charge in [0.1, 0.15) is 11.5 Å². The number of rotatable bonds is 10. The van der Waals surface area contributed by atoms with Crippen LogP contribution in [0.2, 0.25) is 0 Å². The molecule has 146 valence electrons. The summed E-state index contributed by atoms with van der Waals surface area (Å²) in [6, 6.07) is 8.30. The van der Waals surface area contributed by atoms with Gasteiger partial charge in [-0.15, -0.1) is 0 Å². The first-order valence-electron chi connectivity index (χ1n) is 8.34. The summed E-state index contributed by atoms with van der Waals surface area (Å²) >= 11 is 0. The molecule has 0 amide bonds. The lowest BCUT2D eigenvalue weighted by atomic mass is 10.2. The van der Waals surface area contributed by atoms with Gasteiger partial charge in [-0.25, -0.2) is 9.18 Å². The lowest BCUT2D eigenvalue weighted by Gasteiger charge is -2.11. The average molecular weight is 382 g/mol. The quantitative estimate of drug-likeness (QED) is 0.373. The molecule has 0 radical (unpaired) electrons. The molecule has 6 nitrogen and oxygen atoms in total. The fraction of sp³-hybridized carbons (Fsp3) is 0.316. The van der Waals surface area contributed by atoms with Crippen LogP contribution in [-0.2, 0) is 0 Å². The summed E-state index contributed by atoms with van der Waals surface area (Å²) in [4.78, 5) is 12.2. The molecule has 0 saturated carbocycles. The number of hydrogen-bond donors (Lipinski definition) is 2. The predicted octanol–water partition coefficient (Wildman–Crippen LogP) is 2.71. The number of aliphatic hydroxyl groups is 2. The lowest BCUT2D eigenvalue weighted by molar-refractivity contribution is 0.0728. The van der Waals surface area contributed by atoms with E-state index in [2.05, 4.69) is 0 Å². The summed E-state index contributed by atoms with van der Waals surface area (Å²) in [5, 5.41) is 17.4. The fourth-order valence-corrected chi connectivity index (χ4v) is 2.09. The lowest BCUT2D eigenvalue weighted by Crippen LogP contribution is -2.13. The highest BCUT2D eigenvalue weighted by molar-refractivity contribution is 5.91. The number of benzene rings is 2. The van der Waals surface area contributed by atoms with E-state index >= 15 is 0 Å². The number of ether oxygens (including phenoxy) is 3. The van der Waals surface area contributed by atoms with Crippen molar-refractivity contribution in [1.82, 2.24) is 0 Å². The van der Waals surface area contributed by atoms with Crippen LogP contribution in [0.5, 0.6) is 17.2 Å². The zero-order valence-corrected chi connectivity index (χ0v) is 14.5. The molecule has 27 heavy (non-hydrogen) atoms. The summed E-state index contributed by atoms with van der Waals surface area (Å²) in [5.74, 6) is -3.59. The Hall–Kier alpha value is -2.71. The number of esters is 1. The van der Waals surface area contributed by atoms with Crippen LogP contribution >= 0.6 is 0 Å². The van der Waals surface area contributed by atoms with Gasteiger partial charge in [-0.2, -0.15) is 4.39 Å². The molecule has 0 aliphatic carbocycles. The summed E-state index contributed by atoms with van der Waals surface area (Å²) in [5.41, 5.74) is -0.575. The van der Waals surface area contributed by atoms with Gasteiger partial charge in [0.2, 0.25) is 5.82 Å². The molecule has 0 saturated heterocycles. The highest BCUT2D eigenvalue weighted by Crippen LogP contribution is 2.25. The third kappa shape index (κ3) is 5.90. The molecular formula is C19H20F2O6. The molecule has 2 aromatic carbocycles. The molecule has 0 heterocycles. The van der Waals surface area contributed by atoms with Crippen molar-refractivity contribution in [2.45, 2.75) is 12.8 Å². The smallest absolute Gasteiger partial charge is 0.346 e. The van der Waals surface area contributed by atoms with E-state index in [0.717, 1.165) is 12.1 Å². The standard InChI is InChI=1S/C19H20F2O6/c20-17-15(6-7-16(18(17)21)26-11-3-9-23)19(24)27-14-5-1-4-13(12-14)25-10-2-8-22/h1,4-7,12,22-23H,2-3,8-11H2. The van der Waals surface area contributed by atoms with Gasteiger partial charge in [0.15, 0.2) is 11.6 Å². The molecule has 0 atom stereocenters. The van der Waals surface area contributed by atoms with E-state index in [1.807, 2.05) is 0 Å². The number of hydrogen-bond acceptors (Lipinski definition) is 6. The Morgan fingerprint density at radius 2 is 1.56 bits per heavy atom. The molecule has 0 aliphatic heterocycles. The number of halogens is 2. The highest BCUT2D eigenvalue weighted by Gasteiger charge is 2.21. The maximum Gasteiger partial charge on any atom is 0.346 e. The summed E-state index contributed by atoms with van der Waals surface area (Å²) < 4.78 is 43.6. The Morgan fingerprint density at radius 3 is 2.26 bits per heavy atom. The molecule has 0 unspecified atom stereocenters. The van der Waals surface area contributed by atoms with Gasteiger partial charge in [0, 0.05) is 32.1 Å². The van der Waals surface area contributed by atoms with E-state index in [4.69, 9.17) is 24.4 Å². The van der Waals surface area contributed by atoms with Gasteiger partial charge in [0.05, 0.1) is 18.8 Å². The highest BCUT2D eigenvalue weighted by atomic mass is 19.2. The van der Waals surface area contributed by atoms with Crippen LogP contribution < -0.4 is 14.2 Å². The summed E-state index contributed by atoms with van der Waals surface area (Å²) in [7, 11) is 0. The SMILES string of the molecule is O=C(Oc1cccc(OCCCO)c1)c1ccc(OCCCO)c(F)c1F. The van der Waals surface area contributed by atoms with E-state index in [0.29, 0.717) is 12.2 Å². The van der Waals surface area contributed by atoms with Crippen LogP contribution in [0.4, 0.5) is 8.78 Å². The average Bonchev–Trinajstić information content (AvgIpc) is 2.66. The molecule has 0 aliphatic rings. The third-order valence-corrected chi connectivity index (χ3v) is 3.41. The fourth-order valence-electron chi connectivity index (χ4n) is 2.09. The normalized spacial score (nSPS) is 10.5. The van der Waals surface area contributed by atoms with Crippen LogP contribution in [0.25, 0.3) is 0 Å². The third-order valence-electron chi connectivity index (χ3n) is 3.41. The van der Waals surface area contributed by atoms with Crippen molar-refractivity contribution in [2.24, 2.45) is 0 Å². The first-order chi connectivity index (χ1) is 13.1. The maximum atomic E-state index is 14.2. The number of aliphatic hydroxyl groups excluding tert-OH is 2. The Morgan fingerprint density at radius 1 is 0.889 bits per heavy atom. The molecule has 0 bridgehead atoms. The van der Waals surface area contributed by atoms with Crippen LogP contribution in [0, 0.1) is 11.6 Å². The number of carbonyl (C=O) groups excluding carboxylic acids is 1. The van der Waals surface area contributed by atoms with Crippen LogP contribution in [0.15, 0.2) is 36.4 Å². The van der Waals surface area contributed by atoms with Gasteiger partial charge in [-0.3, -0.25) is 0 Å². The van der Waals surface area contributed by atoms with E-state index in [1.165, 1.54) is 12.1 Å². The minimum atomic E-state index is -1.38. The minimum Gasteiger partial charge on any atom is -0.493 e. The second kappa shape index (κ2) is 10.4. The van der Waals surface area contributed by atoms with E-state index in [9.17, 15) is 13.6 Å². The van der Waals surface area contributed by atoms with Crippen molar-refractivity contribution < 1.29 is 38.0 Å². The minimum absolute atomic E-state index is 0.0136. The molecule has 0 spiro atoms. The zero-order chi connectivity index (χ0) is 19.6. The first kappa shape index (κ1) is 20.6. The molecule has 2 rings (SSSR count). The van der Waals surface area contributed by atoms with Crippen molar-refractivity contribution in [3.05, 3.63) is 53.6 Å². The largest absolute Gasteiger partial charge is 0.493 e. The summed E-state index contributed by atoms with van der Waals surface area (Å²) in [6.45, 7) is 0.141. The van der Waals surface area contributed by atoms with E-state index < -0.39 is 23.2 Å². The van der Waals surface area contributed by atoms with Gasteiger partial charge >= 0.3 is 5.97 Å². The van der Waals surface area contributed by atoms with Crippen LogP contribution in [-0.4, -0.2) is 42.6 Å². The molecule has 8 heteroatoms. The van der Waals surface area contributed by atoms with Crippen molar-refractivity contribution in [2.75, 3.05) is 26.4 Å². The van der Waals surface area contributed by atoms with Crippen LogP contribution in [0.3, 0.4) is 0 Å². The van der Waals surface area contributed by atoms with Crippen LogP contribution in [0.1, 0.15) is 23.2 Å². The molecule has 0 aromatic heterocycles. The van der Waals surface area contributed by atoms with Gasteiger partial charge < -0.3 is 24.4 Å². The Kier molecular flexibility index (Phi) is 7.97. The van der Waals surface area contributed by atoms with Crippen molar-refractivity contribution in [3.63, 3.8) is 0 Å². The van der Waals surface area contributed by atoms with E-state index in [-0.39, 0.29) is 44.3 Å². The summed E-state index contributed by atoms with van der Waals surface area (Å²) in [6.07, 6.45) is 0.711. The zero-order valence-electron chi connectivity index (χ0n) is 14.5. The second-order valence-electron chi connectivity index (χ2n) is 5.45. The van der Waals surface area contributed by atoms with E-state index in [1.54, 1.807) is 12.1 Å². The molecular weight excluding hydrogens is 362 g/mol. The monoisotopic (exact) mass is 382 g/mol. The van der Waals surface area contributed by atoms with Crippen molar-refractivity contribution in [1.29, 1.82) is 0 Å². The van der Waals surface area contributed by atoms with Gasteiger partial charge in [0.25, 0.3) is 0 Å². The molecule has 2 aromatic rings. The molecule has 2 N–H and O–H groups in total. The second-order valence-corrected chi connectivity index (χ2v) is 5.45. The number of carbonyl (C=O) groups is 1. The van der Waals surface area contributed by atoms with Gasteiger partial charge in [-0.1, -0.05) is 6.07 Å². The Bertz CT molecular complexity index is 766. The Balaban J connectivity index is 2.07. The first-order valence-corrected chi connectivity index (χ1v) is 8.34. The Labute approximate surface area is 154 Å². The van der Waals surface area contributed by atoms with Crippen molar-refractivity contribution in [3.8, 4) is 17.2 Å². The molecule has 0 fully saturated rings.